The van der Waals surface area contributed by atoms with Crippen LogP contribution in [-0.2, 0) is 4.79 Å². The van der Waals surface area contributed by atoms with Gasteiger partial charge in [0.1, 0.15) is 0 Å². The van der Waals surface area contributed by atoms with Gasteiger partial charge < -0.3 is 5.11 Å². The lowest BCUT2D eigenvalue weighted by Gasteiger charge is -2.16. The molecule has 0 aliphatic carbocycles. The van der Waals surface area contributed by atoms with Crippen molar-refractivity contribution < 1.29 is 9.90 Å². The third-order valence-electron chi connectivity index (χ3n) is 2.80. The van der Waals surface area contributed by atoms with E-state index in [0.717, 1.165) is 16.2 Å². The van der Waals surface area contributed by atoms with Crippen LogP contribution in [0.1, 0.15) is 18.4 Å². The van der Waals surface area contributed by atoms with Crippen molar-refractivity contribution in [3.05, 3.63) is 28.8 Å². The number of carboxylic acids is 1. The Labute approximate surface area is 97.6 Å². The van der Waals surface area contributed by atoms with Gasteiger partial charge in [0.15, 0.2) is 0 Å². The highest BCUT2D eigenvalue weighted by molar-refractivity contribution is 7.99. The van der Waals surface area contributed by atoms with Gasteiger partial charge in [-0.25, -0.2) is 0 Å². The smallest absolute Gasteiger partial charge is 0.306 e. The summed E-state index contributed by atoms with van der Waals surface area (Å²) in [6, 6.07) is 5.73. The summed E-state index contributed by atoms with van der Waals surface area (Å²) in [4.78, 5) is 12.1. The first-order valence-corrected chi connectivity index (χ1v) is 6.11. The van der Waals surface area contributed by atoms with E-state index in [1.807, 2.05) is 18.2 Å². The molecule has 80 valence electrons. The quantitative estimate of drug-likeness (QED) is 0.865. The largest absolute Gasteiger partial charge is 0.481 e. The third kappa shape index (κ3) is 1.86. The molecule has 1 heterocycles. The first-order valence-electron chi connectivity index (χ1n) is 4.75. The van der Waals surface area contributed by atoms with Crippen LogP contribution in [0.4, 0.5) is 0 Å². The number of carbonyl (C=O) groups is 1. The predicted molar refractivity (Wildman–Crippen MR) is 61.7 cm³/mol. The Bertz CT molecular complexity index is 406. The molecule has 1 N–H and O–H groups in total. The van der Waals surface area contributed by atoms with Crippen LogP contribution in [0.15, 0.2) is 23.1 Å². The van der Waals surface area contributed by atoms with Gasteiger partial charge in [0, 0.05) is 21.6 Å². The highest BCUT2D eigenvalue weighted by Crippen LogP contribution is 2.46. The number of thioether (sulfide) groups is 1. The molecule has 0 saturated heterocycles. The van der Waals surface area contributed by atoms with Gasteiger partial charge in [0.05, 0.1) is 5.92 Å². The molecule has 0 amide bonds. The number of rotatable bonds is 2. The van der Waals surface area contributed by atoms with Crippen molar-refractivity contribution in [3.8, 4) is 0 Å². The Hall–Kier alpha value is -0.670. The van der Waals surface area contributed by atoms with Gasteiger partial charge in [-0.2, -0.15) is 0 Å². The van der Waals surface area contributed by atoms with Crippen LogP contribution in [0.3, 0.4) is 0 Å². The van der Waals surface area contributed by atoms with Crippen LogP contribution >= 0.6 is 23.4 Å². The molecule has 2 unspecified atom stereocenters. The predicted octanol–water partition coefficient (Wildman–Crippen LogP) is 3.25. The van der Waals surface area contributed by atoms with Crippen molar-refractivity contribution in [2.75, 3.05) is 5.75 Å². The second-order valence-electron chi connectivity index (χ2n) is 3.70. The number of aliphatic carboxylic acids is 1. The summed E-state index contributed by atoms with van der Waals surface area (Å²) in [5.41, 5.74) is 1.01. The molecule has 1 aliphatic rings. The van der Waals surface area contributed by atoms with E-state index in [2.05, 4.69) is 0 Å². The molecule has 2 rings (SSSR count). The topological polar surface area (TPSA) is 37.3 Å². The molecule has 1 aliphatic heterocycles. The van der Waals surface area contributed by atoms with E-state index in [4.69, 9.17) is 16.7 Å². The lowest BCUT2D eigenvalue weighted by Crippen LogP contribution is -2.19. The molecular formula is C11H11ClO2S. The minimum Gasteiger partial charge on any atom is -0.481 e. The fourth-order valence-electron chi connectivity index (χ4n) is 1.83. The summed E-state index contributed by atoms with van der Waals surface area (Å²) < 4.78 is 0. The Morgan fingerprint density at radius 1 is 1.67 bits per heavy atom. The molecule has 0 spiro atoms. The molecule has 0 saturated carbocycles. The molecule has 0 fully saturated rings. The van der Waals surface area contributed by atoms with E-state index >= 15 is 0 Å². The maximum Gasteiger partial charge on any atom is 0.306 e. The molecule has 0 radical (unpaired) electrons. The summed E-state index contributed by atoms with van der Waals surface area (Å²) in [6.07, 6.45) is 0. The minimum atomic E-state index is -0.756. The zero-order valence-electron chi connectivity index (χ0n) is 8.24. The Balaban J connectivity index is 2.39. The van der Waals surface area contributed by atoms with Crippen LogP contribution in [-0.4, -0.2) is 16.8 Å². The van der Waals surface area contributed by atoms with Crippen molar-refractivity contribution in [1.82, 2.24) is 0 Å². The van der Waals surface area contributed by atoms with Gasteiger partial charge in [0.2, 0.25) is 0 Å². The highest BCUT2D eigenvalue weighted by atomic mass is 35.5. The second kappa shape index (κ2) is 4.06. The average Bonchev–Trinajstić information content (AvgIpc) is 2.61. The van der Waals surface area contributed by atoms with Gasteiger partial charge in [0.25, 0.3) is 0 Å². The third-order valence-corrected chi connectivity index (χ3v) is 4.32. The maximum atomic E-state index is 11.0. The standard InChI is InChI=1S/C11H11ClO2S/c1-6(11(13)14)7-5-15-9-4-2-3-8(12)10(7)9/h2-4,6-7H,5H2,1H3,(H,13,14). The Kier molecular flexibility index (Phi) is 2.94. The molecule has 15 heavy (non-hydrogen) atoms. The summed E-state index contributed by atoms with van der Waals surface area (Å²) in [7, 11) is 0. The molecule has 4 heteroatoms. The number of carboxylic acid groups (broad SMARTS) is 1. The monoisotopic (exact) mass is 242 g/mol. The van der Waals surface area contributed by atoms with Crippen LogP contribution in [0.5, 0.6) is 0 Å². The summed E-state index contributed by atoms with van der Waals surface area (Å²) in [6.45, 7) is 1.74. The van der Waals surface area contributed by atoms with Crippen LogP contribution in [0, 0.1) is 5.92 Å². The Morgan fingerprint density at radius 2 is 2.40 bits per heavy atom. The summed E-state index contributed by atoms with van der Waals surface area (Å²) in [5, 5.41) is 9.70. The average molecular weight is 243 g/mol. The highest BCUT2D eigenvalue weighted by Gasteiger charge is 2.33. The van der Waals surface area contributed by atoms with E-state index in [-0.39, 0.29) is 11.8 Å². The molecule has 0 bridgehead atoms. The molecule has 2 atom stereocenters. The van der Waals surface area contributed by atoms with Gasteiger partial charge in [-0.15, -0.1) is 11.8 Å². The summed E-state index contributed by atoms with van der Waals surface area (Å²) in [5.74, 6) is -0.282. The van der Waals surface area contributed by atoms with E-state index in [1.54, 1.807) is 18.7 Å². The van der Waals surface area contributed by atoms with Gasteiger partial charge >= 0.3 is 5.97 Å². The van der Waals surface area contributed by atoms with Crippen molar-refractivity contribution in [3.63, 3.8) is 0 Å². The Morgan fingerprint density at radius 3 is 3.07 bits per heavy atom. The molecule has 0 aromatic heterocycles. The van der Waals surface area contributed by atoms with Crippen molar-refractivity contribution in [2.24, 2.45) is 5.92 Å². The van der Waals surface area contributed by atoms with Crippen molar-refractivity contribution in [2.45, 2.75) is 17.7 Å². The van der Waals surface area contributed by atoms with Gasteiger partial charge in [-0.05, 0) is 17.7 Å². The van der Waals surface area contributed by atoms with E-state index < -0.39 is 5.97 Å². The first kappa shape index (κ1) is 10.8. The van der Waals surface area contributed by atoms with Gasteiger partial charge in [-0.1, -0.05) is 24.6 Å². The SMILES string of the molecule is CC(C(=O)O)C1CSc2cccc(Cl)c21. The molecular weight excluding hydrogens is 232 g/mol. The lowest BCUT2D eigenvalue weighted by molar-refractivity contribution is -0.141. The van der Waals surface area contributed by atoms with E-state index in [9.17, 15) is 4.79 Å². The van der Waals surface area contributed by atoms with Gasteiger partial charge in [-0.3, -0.25) is 4.79 Å². The fourth-order valence-corrected chi connectivity index (χ4v) is 3.61. The van der Waals surface area contributed by atoms with E-state index in [1.165, 1.54) is 0 Å². The number of hydrogen-bond acceptors (Lipinski definition) is 2. The lowest BCUT2D eigenvalue weighted by atomic mass is 9.89. The zero-order chi connectivity index (χ0) is 11.0. The zero-order valence-corrected chi connectivity index (χ0v) is 9.81. The molecule has 1 aromatic carbocycles. The van der Waals surface area contributed by atoms with Crippen molar-refractivity contribution >= 4 is 29.3 Å². The number of benzene rings is 1. The van der Waals surface area contributed by atoms with E-state index in [0.29, 0.717) is 5.02 Å². The first-order chi connectivity index (χ1) is 7.11. The maximum absolute atomic E-state index is 11.0. The number of hydrogen-bond donors (Lipinski definition) is 1. The summed E-state index contributed by atoms with van der Waals surface area (Å²) >= 11 is 7.79. The second-order valence-corrected chi connectivity index (χ2v) is 5.17. The van der Waals surface area contributed by atoms with Crippen LogP contribution in [0.2, 0.25) is 5.02 Å². The van der Waals surface area contributed by atoms with Crippen LogP contribution < -0.4 is 0 Å². The normalized spacial score (nSPS) is 21.1. The molecule has 2 nitrogen and oxygen atoms in total. The number of halogens is 1. The minimum absolute atomic E-state index is 0.0381. The molecule has 1 aromatic rings. The van der Waals surface area contributed by atoms with Crippen molar-refractivity contribution in [1.29, 1.82) is 0 Å². The fraction of sp³-hybridized carbons (Fsp3) is 0.364. The number of fused-ring (bicyclic) bond motifs is 1. The van der Waals surface area contributed by atoms with Crippen LogP contribution in [0.25, 0.3) is 0 Å².